The minimum atomic E-state index is 0.445. The fourth-order valence-electron chi connectivity index (χ4n) is 1.84. The van der Waals surface area contributed by atoms with E-state index in [4.69, 9.17) is 10.5 Å². The summed E-state index contributed by atoms with van der Waals surface area (Å²) in [5.74, 6) is 1.69. The van der Waals surface area contributed by atoms with Gasteiger partial charge in [-0.3, -0.25) is 0 Å². The largest absolute Gasteiger partial charge is 0.496 e. The second kappa shape index (κ2) is 5.04. The van der Waals surface area contributed by atoms with Crippen LogP contribution < -0.4 is 10.5 Å². The predicted octanol–water partition coefficient (Wildman–Crippen LogP) is 2.86. The van der Waals surface area contributed by atoms with Crippen molar-refractivity contribution in [1.82, 2.24) is 9.97 Å². The molecule has 0 saturated carbocycles. The lowest BCUT2D eigenvalue weighted by molar-refractivity contribution is 0.416. The molecule has 4 nitrogen and oxygen atoms in total. The third-order valence-electron chi connectivity index (χ3n) is 2.92. The normalized spacial score (nSPS) is 10.7. The molecule has 18 heavy (non-hydrogen) atoms. The zero-order valence-corrected chi connectivity index (χ0v) is 10.8. The number of hydrogen-bond acceptors (Lipinski definition) is 4. The van der Waals surface area contributed by atoms with Crippen molar-refractivity contribution < 1.29 is 4.74 Å². The average Bonchev–Trinajstić information content (AvgIpc) is 2.38. The summed E-state index contributed by atoms with van der Waals surface area (Å²) in [5.41, 5.74) is 8.86. The van der Waals surface area contributed by atoms with E-state index < -0.39 is 0 Å². The van der Waals surface area contributed by atoms with Crippen molar-refractivity contribution in [3.05, 3.63) is 36.3 Å². The van der Waals surface area contributed by atoms with Crippen molar-refractivity contribution in [1.29, 1.82) is 0 Å². The number of methoxy groups -OCH3 is 1. The van der Waals surface area contributed by atoms with E-state index in [1.807, 2.05) is 6.07 Å². The van der Waals surface area contributed by atoms with Gasteiger partial charge in [-0.2, -0.15) is 0 Å². The molecule has 0 aliphatic carbocycles. The first-order valence-electron chi connectivity index (χ1n) is 5.87. The van der Waals surface area contributed by atoms with Crippen LogP contribution in [0.15, 0.2) is 30.7 Å². The zero-order chi connectivity index (χ0) is 13.1. The molecule has 1 aromatic carbocycles. The zero-order valence-electron chi connectivity index (χ0n) is 10.8. The lowest BCUT2D eigenvalue weighted by atomic mass is 9.97. The topological polar surface area (TPSA) is 61.0 Å². The van der Waals surface area contributed by atoms with Gasteiger partial charge in [0.25, 0.3) is 0 Å². The van der Waals surface area contributed by atoms with E-state index in [1.54, 1.807) is 13.3 Å². The highest BCUT2D eigenvalue weighted by atomic mass is 16.5. The van der Waals surface area contributed by atoms with Crippen LogP contribution in [0.5, 0.6) is 5.75 Å². The highest BCUT2D eigenvalue weighted by molar-refractivity contribution is 5.78. The summed E-state index contributed by atoms with van der Waals surface area (Å²) in [6.07, 6.45) is 3.15. The van der Waals surface area contributed by atoms with Crippen LogP contribution in [0.3, 0.4) is 0 Å². The summed E-state index contributed by atoms with van der Waals surface area (Å²) in [6, 6.07) is 6.10. The average molecular weight is 243 g/mol. The number of anilines is 1. The Bertz CT molecular complexity index is 552. The van der Waals surface area contributed by atoms with E-state index in [1.165, 1.54) is 11.9 Å². The van der Waals surface area contributed by atoms with Crippen LogP contribution in [0.25, 0.3) is 11.1 Å². The van der Waals surface area contributed by atoms with Gasteiger partial charge in [0.05, 0.1) is 7.11 Å². The molecule has 1 aromatic heterocycles. The van der Waals surface area contributed by atoms with Crippen molar-refractivity contribution in [2.24, 2.45) is 0 Å². The Morgan fingerprint density at radius 2 is 2.00 bits per heavy atom. The number of hydrogen-bond donors (Lipinski definition) is 1. The van der Waals surface area contributed by atoms with Gasteiger partial charge < -0.3 is 10.5 Å². The lowest BCUT2D eigenvalue weighted by Gasteiger charge is -2.13. The molecule has 0 spiro atoms. The van der Waals surface area contributed by atoms with Crippen LogP contribution in [0.4, 0.5) is 5.82 Å². The van der Waals surface area contributed by atoms with E-state index in [0.29, 0.717) is 11.7 Å². The van der Waals surface area contributed by atoms with Gasteiger partial charge in [0.2, 0.25) is 0 Å². The molecule has 0 bridgehead atoms. The summed E-state index contributed by atoms with van der Waals surface area (Å²) >= 11 is 0. The molecule has 0 aliphatic rings. The van der Waals surface area contributed by atoms with E-state index in [2.05, 4.69) is 35.9 Å². The van der Waals surface area contributed by atoms with Crippen LogP contribution in [0, 0.1) is 0 Å². The van der Waals surface area contributed by atoms with Crippen molar-refractivity contribution in [2.45, 2.75) is 19.8 Å². The summed E-state index contributed by atoms with van der Waals surface area (Å²) in [6.45, 7) is 4.30. The molecule has 2 aromatic rings. The van der Waals surface area contributed by atoms with Gasteiger partial charge in [0, 0.05) is 17.3 Å². The maximum Gasteiger partial charge on any atom is 0.134 e. The van der Waals surface area contributed by atoms with E-state index in [9.17, 15) is 0 Å². The predicted molar refractivity (Wildman–Crippen MR) is 72.5 cm³/mol. The van der Waals surface area contributed by atoms with Gasteiger partial charge in [-0.25, -0.2) is 9.97 Å². The highest BCUT2D eigenvalue weighted by Crippen LogP contribution is 2.34. The van der Waals surface area contributed by atoms with Crippen molar-refractivity contribution in [3.8, 4) is 16.9 Å². The van der Waals surface area contributed by atoms with Crippen LogP contribution in [-0.2, 0) is 0 Å². The summed E-state index contributed by atoms with van der Waals surface area (Å²) in [5, 5.41) is 0. The van der Waals surface area contributed by atoms with E-state index in [0.717, 1.165) is 16.9 Å². The number of rotatable bonds is 3. The van der Waals surface area contributed by atoms with Gasteiger partial charge >= 0.3 is 0 Å². The molecule has 0 unspecified atom stereocenters. The third kappa shape index (κ3) is 2.27. The fraction of sp³-hybridized carbons (Fsp3) is 0.286. The van der Waals surface area contributed by atoms with E-state index >= 15 is 0 Å². The second-order valence-corrected chi connectivity index (χ2v) is 4.44. The van der Waals surface area contributed by atoms with Crippen LogP contribution >= 0.6 is 0 Å². The molecule has 0 radical (unpaired) electrons. The molecular weight excluding hydrogens is 226 g/mol. The van der Waals surface area contributed by atoms with Crippen LogP contribution in [-0.4, -0.2) is 17.1 Å². The molecule has 0 atom stereocenters. The number of aromatic nitrogens is 2. The first kappa shape index (κ1) is 12.4. The van der Waals surface area contributed by atoms with Crippen molar-refractivity contribution in [3.63, 3.8) is 0 Å². The summed E-state index contributed by atoms with van der Waals surface area (Å²) in [4.78, 5) is 8.04. The summed E-state index contributed by atoms with van der Waals surface area (Å²) < 4.78 is 5.38. The Hall–Kier alpha value is -2.10. The molecule has 0 fully saturated rings. The second-order valence-electron chi connectivity index (χ2n) is 4.44. The number of nitrogens with two attached hydrogens (primary N) is 1. The van der Waals surface area contributed by atoms with Gasteiger partial charge in [-0.1, -0.05) is 19.9 Å². The molecule has 94 valence electrons. The first-order valence-corrected chi connectivity index (χ1v) is 5.87. The molecular formula is C14H17N3O. The minimum Gasteiger partial charge on any atom is -0.496 e. The van der Waals surface area contributed by atoms with Crippen molar-refractivity contribution in [2.75, 3.05) is 12.8 Å². The highest BCUT2D eigenvalue weighted by Gasteiger charge is 2.12. The van der Waals surface area contributed by atoms with Gasteiger partial charge in [0.1, 0.15) is 17.9 Å². The Labute approximate surface area is 107 Å². The molecule has 0 aliphatic heterocycles. The Kier molecular flexibility index (Phi) is 3.46. The fourth-order valence-corrected chi connectivity index (χ4v) is 1.84. The number of nitrogens with zero attached hydrogens (tertiary/aromatic N) is 2. The molecule has 2 N–H and O–H groups in total. The Morgan fingerprint density at radius 1 is 1.22 bits per heavy atom. The molecule has 4 heteroatoms. The SMILES string of the molecule is COc1ccc(C(C)C)cc1-c1cncnc1N. The van der Waals surface area contributed by atoms with Gasteiger partial charge in [-0.15, -0.1) is 0 Å². The Balaban J connectivity index is 2.61. The third-order valence-corrected chi connectivity index (χ3v) is 2.92. The summed E-state index contributed by atoms with van der Waals surface area (Å²) in [7, 11) is 1.65. The minimum absolute atomic E-state index is 0.445. The lowest BCUT2D eigenvalue weighted by Crippen LogP contribution is -1.98. The monoisotopic (exact) mass is 243 g/mol. The molecule has 0 saturated heterocycles. The number of benzene rings is 1. The molecule has 0 amide bonds. The van der Waals surface area contributed by atoms with Gasteiger partial charge in [0.15, 0.2) is 0 Å². The van der Waals surface area contributed by atoms with Crippen LogP contribution in [0.2, 0.25) is 0 Å². The quantitative estimate of drug-likeness (QED) is 0.900. The number of ether oxygens (including phenoxy) is 1. The van der Waals surface area contributed by atoms with Crippen LogP contribution in [0.1, 0.15) is 25.3 Å². The molecule has 1 heterocycles. The maximum absolute atomic E-state index is 5.90. The molecule has 2 rings (SSSR count). The van der Waals surface area contributed by atoms with Gasteiger partial charge in [-0.05, 0) is 23.6 Å². The first-order chi connectivity index (χ1) is 8.63. The van der Waals surface area contributed by atoms with Crippen molar-refractivity contribution >= 4 is 5.82 Å². The maximum atomic E-state index is 5.90. The number of nitrogen functional groups attached to an aromatic ring is 1. The smallest absolute Gasteiger partial charge is 0.134 e. The Morgan fingerprint density at radius 3 is 2.61 bits per heavy atom. The standard InChI is InChI=1S/C14H17N3O/c1-9(2)10-4-5-13(18-3)11(6-10)12-7-16-8-17-14(12)15/h4-9H,1-3H3,(H2,15,16,17). The van der Waals surface area contributed by atoms with E-state index in [-0.39, 0.29) is 0 Å².